The summed E-state index contributed by atoms with van der Waals surface area (Å²) in [6.07, 6.45) is 0.787. The van der Waals surface area contributed by atoms with Crippen LogP contribution < -0.4 is 4.72 Å². The molecule has 0 saturated carbocycles. The van der Waals surface area contributed by atoms with Crippen molar-refractivity contribution in [2.45, 2.75) is 37.9 Å². The number of ether oxygens (including phenoxy) is 2. The lowest BCUT2D eigenvalue weighted by Crippen LogP contribution is -2.26. The number of hydrogen-bond acceptors (Lipinski definition) is 6. The number of non-ortho nitro benzene ring substituents is 1. The van der Waals surface area contributed by atoms with Crippen molar-refractivity contribution in [2.75, 3.05) is 19.8 Å². The number of benzene rings is 1. The van der Waals surface area contributed by atoms with Gasteiger partial charge in [-0.3, -0.25) is 10.1 Å². The molecule has 0 aliphatic rings. The molecule has 0 saturated heterocycles. The maximum Gasteiger partial charge on any atom is 0.269 e. The van der Waals surface area contributed by atoms with Crippen LogP contribution in [0.1, 0.15) is 26.7 Å². The number of rotatable bonds is 11. The lowest BCUT2D eigenvalue weighted by molar-refractivity contribution is -0.384. The lowest BCUT2D eigenvalue weighted by Gasteiger charge is -2.16. The van der Waals surface area contributed by atoms with E-state index in [0.29, 0.717) is 26.1 Å². The van der Waals surface area contributed by atoms with E-state index in [-0.39, 0.29) is 23.4 Å². The fraction of sp³-hybridized carbons (Fsp3) is 0.571. The molecular weight excluding hydrogens is 324 g/mol. The van der Waals surface area contributed by atoms with E-state index < -0.39 is 14.9 Å². The molecule has 1 aromatic rings. The number of nitro benzene ring substituents is 1. The largest absolute Gasteiger partial charge is 0.353 e. The molecule has 0 spiro atoms. The molecule has 9 heteroatoms. The van der Waals surface area contributed by atoms with Crippen molar-refractivity contribution >= 4 is 15.7 Å². The van der Waals surface area contributed by atoms with Crippen LogP contribution in [0, 0.1) is 10.1 Å². The van der Waals surface area contributed by atoms with E-state index in [9.17, 15) is 18.5 Å². The topological polar surface area (TPSA) is 108 Å². The van der Waals surface area contributed by atoms with Gasteiger partial charge in [0.05, 0.1) is 9.82 Å². The first-order chi connectivity index (χ1) is 10.9. The Hall–Kier alpha value is -1.55. The molecular formula is C14H22N2O6S. The van der Waals surface area contributed by atoms with Crippen molar-refractivity contribution in [1.29, 1.82) is 0 Å². The highest BCUT2D eigenvalue weighted by atomic mass is 32.2. The van der Waals surface area contributed by atoms with Crippen LogP contribution in [0.5, 0.6) is 0 Å². The van der Waals surface area contributed by atoms with E-state index in [1.807, 2.05) is 13.8 Å². The summed E-state index contributed by atoms with van der Waals surface area (Å²) in [6, 6.07) is 4.75. The molecule has 0 unspecified atom stereocenters. The fourth-order valence-corrected chi connectivity index (χ4v) is 2.97. The van der Waals surface area contributed by atoms with Gasteiger partial charge in [0, 0.05) is 31.9 Å². The van der Waals surface area contributed by atoms with Crippen molar-refractivity contribution < 1.29 is 22.8 Å². The summed E-state index contributed by atoms with van der Waals surface area (Å²) in [5.74, 6) is 0. The van der Waals surface area contributed by atoms with Gasteiger partial charge >= 0.3 is 0 Å². The zero-order chi connectivity index (χ0) is 17.3. The highest BCUT2D eigenvalue weighted by molar-refractivity contribution is 7.89. The van der Waals surface area contributed by atoms with Gasteiger partial charge in [-0.1, -0.05) is 0 Å². The van der Waals surface area contributed by atoms with E-state index in [1.165, 1.54) is 12.1 Å². The van der Waals surface area contributed by atoms with Gasteiger partial charge in [-0.25, -0.2) is 13.1 Å². The molecule has 0 heterocycles. The first-order valence-electron chi connectivity index (χ1n) is 7.38. The lowest BCUT2D eigenvalue weighted by atomic mass is 10.3. The SMILES string of the molecule is CCOC(CCCNS(=O)(=O)c1ccc([N+](=O)[O-])cc1)OCC. The Bertz CT molecular complexity index is 582. The quantitative estimate of drug-likeness (QED) is 0.284. The number of nitro groups is 1. The first-order valence-corrected chi connectivity index (χ1v) is 8.86. The third-order valence-corrected chi connectivity index (χ3v) is 4.45. The smallest absolute Gasteiger partial charge is 0.269 e. The van der Waals surface area contributed by atoms with Crippen LogP contribution in [0.2, 0.25) is 0 Å². The van der Waals surface area contributed by atoms with Gasteiger partial charge in [0.2, 0.25) is 10.0 Å². The van der Waals surface area contributed by atoms with E-state index in [0.717, 1.165) is 12.1 Å². The summed E-state index contributed by atoms with van der Waals surface area (Å²) in [6.45, 7) is 5.01. The molecule has 0 radical (unpaired) electrons. The van der Waals surface area contributed by atoms with Crippen molar-refractivity contribution in [2.24, 2.45) is 0 Å². The maximum absolute atomic E-state index is 12.1. The molecule has 0 fully saturated rings. The zero-order valence-electron chi connectivity index (χ0n) is 13.2. The van der Waals surface area contributed by atoms with Gasteiger partial charge in [-0.2, -0.15) is 0 Å². The molecule has 0 atom stereocenters. The Kier molecular flexibility index (Phi) is 8.10. The second-order valence-electron chi connectivity index (χ2n) is 4.63. The minimum Gasteiger partial charge on any atom is -0.353 e. The molecule has 0 aliphatic heterocycles. The summed E-state index contributed by atoms with van der Waals surface area (Å²) < 4.78 is 37.3. The molecule has 1 rings (SSSR count). The third kappa shape index (κ3) is 6.61. The van der Waals surface area contributed by atoms with Crippen molar-refractivity contribution in [1.82, 2.24) is 4.72 Å². The zero-order valence-corrected chi connectivity index (χ0v) is 14.0. The highest BCUT2D eigenvalue weighted by Crippen LogP contribution is 2.15. The predicted molar refractivity (Wildman–Crippen MR) is 84.6 cm³/mol. The average molecular weight is 346 g/mol. The Balaban J connectivity index is 2.50. The third-order valence-electron chi connectivity index (χ3n) is 2.97. The summed E-state index contributed by atoms with van der Waals surface area (Å²) in [5, 5.41) is 10.6. The van der Waals surface area contributed by atoms with Crippen LogP contribution >= 0.6 is 0 Å². The van der Waals surface area contributed by atoms with E-state index in [1.54, 1.807) is 0 Å². The van der Waals surface area contributed by atoms with Crippen LogP contribution in [0.25, 0.3) is 0 Å². The molecule has 0 bridgehead atoms. The second-order valence-corrected chi connectivity index (χ2v) is 6.40. The number of nitrogens with zero attached hydrogens (tertiary/aromatic N) is 1. The molecule has 0 aromatic heterocycles. The fourth-order valence-electron chi connectivity index (χ4n) is 1.89. The van der Waals surface area contributed by atoms with Crippen LogP contribution in [0.3, 0.4) is 0 Å². The van der Waals surface area contributed by atoms with Gasteiger partial charge < -0.3 is 9.47 Å². The summed E-state index contributed by atoms with van der Waals surface area (Å²) in [4.78, 5) is 9.98. The average Bonchev–Trinajstić information content (AvgIpc) is 2.52. The van der Waals surface area contributed by atoms with Crippen LogP contribution in [0.15, 0.2) is 29.2 Å². The van der Waals surface area contributed by atoms with E-state index >= 15 is 0 Å². The van der Waals surface area contributed by atoms with Gasteiger partial charge in [0.25, 0.3) is 5.69 Å². The van der Waals surface area contributed by atoms with Crippen molar-refractivity contribution in [3.8, 4) is 0 Å². The number of hydrogen-bond donors (Lipinski definition) is 1. The Labute approximate surface area is 136 Å². The molecule has 0 aliphatic carbocycles. The molecule has 23 heavy (non-hydrogen) atoms. The first kappa shape index (κ1) is 19.5. The summed E-state index contributed by atoms with van der Waals surface area (Å²) in [5.41, 5.74) is -0.153. The minimum atomic E-state index is -3.68. The molecule has 8 nitrogen and oxygen atoms in total. The van der Waals surface area contributed by atoms with Crippen LogP contribution in [0.4, 0.5) is 5.69 Å². The van der Waals surface area contributed by atoms with Crippen molar-refractivity contribution in [3.63, 3.8) is 0 Å². The van der Waals surface area contributed by atoms with Crippen molar-refractivity contribution in [3.05, 3.63) is 34.4 Å². The standard InChI is InChI=1S/C14H22N2O6S/c1-3-21-14(22-4-2)6-5-11-15-23(19,20)13-9-7-12(8-10-13)16(17)18/h7-10,14-15H,3-6,11H2,1-2H3. The van der Waals surface area contributed by atoms with Gasteiger partial charge in [0.15, 0.2) is 6.29 Å². The Morgan fingerprint density at radius 3 is 2.22 bits per heavy atom. The number of sulfonamides is 1. The van der Waals surface area contributed by atoms with Crippen LogP contribution in [-0.4, -0.2) is 39.4 Å². The second kappa shape index (κ2) is 9.56. The summed E-state index contributed by atoms with van der Waals surface area (Å²) in [7, 11) is -3.68. The minimum absolute atomic E-state index is 0.00531. The maximum atomic E-state index is 12.1. The van der Waals surface area contributed by atoms with E-state index in [2.05, 4.69) is 4.72 Å². The Morgan fingerprint density at radius 2 is 1.74 bits per heavy atom. The van der Waals surface area contributed by atoms with Crippen LogP contribution in [-0.2, 0) is 19.5 Å². The monoisotopic (exact) mass is 346 g/mol. The molecule has 130 valence electrons. The van der Waals surface area contributed by atoms with E-state index in [4.69, 9.17) is 9.47 Å². The predicted octanol–water partition coefficient (Wildman–Crippen LogP) is 2.05. The summed E-state index contributed by atoms with van der Waals surface area (Å²) >= 11 is 0. The van der Waals surface area contributed by atoms with Gasteiger partial charge in [-0.05, 0) is 38.8 Å². The normalized spacial score (nSPS) is 11.8. The molecule has 0 amide bonds. The van der Waals surface area contributed by atoms with Gasteiger partial charge in [-0.15, -0.1) is 0 Å². The highest BCUT2D eigenvalue weighted by Gasteiger charge is 2.16. The molecule has 1 N–H and O–H groups in total. The molecule has 1 aromatic carbocycles. The number of nitrogens with one attached hydrogen (secondary N) is 1. The Morgan fingerprint density at radius 1 is 1.17 bits per heavy atom. The van der Waals surface area contributed by atoms with Gasteiger partial charge in [0.1, 0.15) is 0 Å².